The van der Waals surface area contributed by atoms with Crippen molar-refractivity contribution in [1.82, 2.24) is 15.0 Å². The van der Waals surface area contributed by atoms with Crippen molar-refractivity contribution in [2.24, 2.45) is 0 Å². The summed E-state index contributed by atoms with van der Waals surface area (Å²) < 4.78 is 32.9. The summed E-state index contributed by atoms with van der Waals surface area (Å²) in [5, 5.41) is 2.69. The van der Waals surface area contributed by atoms with Gasteiger partial charge >= 0.3 is 0 Å². The zero-order valence-corrected chi connectivity index (χ0v) is 16.9. The second-order valence-corrected chi connectivity index (χ2v) is 8.99. The Kier molecular flexibility index (Phi) is 5.79. The van der Waals surface area contributed by atoms with Crippen LogP contribution in [0.1, 0.15) is 48.5 Å². The SMILES string of the molecule is Cc1nc(CNC(=O)c2ccc(Cl)c(S(=O)(=O)NC(C)(C)C)c2)oc1C. The van der Waals surface area contributed by atoms with Crippen LogP contribution >= 0.6 is 11.6 Å². The zero-order valence-electron chi connectivity index (χ0n) is 15.3. The number of hydrogen-bond acceptors (Lipinski definition) is 5. The maximum absolute atomic E-state index is 12.5. The molecule has 0 bridgehead atoms. The molecule has 0 fully saturated rings. The summed E-state index contributed by atoms with van der Waals surface area (Å²) in [7, 11) is -3.87. The van der Waals surface area contributed by atoms with Gasteiger partial charge in [-0.05, 0) is 52.8 Å². The Balaban J connectivity index is 2.21. The molecule has 2 aromatic rings. The Morgan fingerprint density at radius 2 is 1.92 bits per heavy atom. The topological polar surface area (TPSA) is 101 Å². The third kappa shape index (κ3) is 5.06. The molecule has 26 heavy (non-hydrogen) atoms. The van der Waals surface area contributed by atoms with Crippen molar-refractivity contribution >= 4 is 27.5 Å². The van der Waals surface area contributed by atoms with Crippen LogP contribution < -0.4 is 10.0 Å². The summed E-state index contributed by atoms with van der Waals surface area (Å²) in [6, 6.07) is 4.09. The van der Waals surface area contributed by atoms with E-state index in [0.29, 0.717) is 11.7 Å². The van der Waals surface area contributed by atoms with Gasteiger partial charge in [0.25, 0.3) is 5.91 Å². The Morgan fingerprint density at radius 3 is 2.46 bits per heavy atom. The predicted molar refractivity (Wildman–Crippen MR) is 98.7 cm³/mol. The van der Waals surface area contributed by atoms with E-state index in [4.69, 9.17) is 16.0 Å². The maximum Gasteiger partial charge on any atom is 0.251 e. The smallest absolute Gasteiger partial charge is 0.251 e. The van der Waals surface area contributed by atoms with Gasteiger partial charge in [0.05, 0.1) is 17.3 Å². The summed E-state index contributed by atoms with van der Waals surface area (Å²) in [5.41, 5.74) is 0.243. The highest BCUT2D eigenvalue weighted by Crippen LogP contribution is 2.24. The highest BCUT2D eigenvalue weighted by molar-refractivity contribution is 7.89. The quantitative estimate of drug-likeness (QED) is 0.804. The summed E-state index contributed by atoms with van der Waals surface area (Å²) in [6.07, 6.45) is 0. The Morgan fingerprint density at radius 1 is 1.27 bits per heavy atom. The fraction of sp³-hybridized carbons (Fsp3) is 0.412. The van der Waals surface area contributed by atoms with E-state index in [1.54, 1.807) is 27.7 Å². The second-order valence-electron chi connectivity index (χ2n) is 6.93. The molecule has 9 heteroatoms. The molecular weight excluding hydrogens is 378 g/mol. The number of benzene rings is 1. The van der Waals surface area contributed by atoms with Crippen LogP contribution in [0.2, 0.25) is 5.02 Å². The normalized spacial score (nSPS) is 12.2. The van der Waals surface area contributed by atoms with Gasteiger partial charge in [0.2, 0.25) is 15.9 Å². The summed E-state index contributed by atoms with van der Waals surface area (Å²) >= 11 is 6.03. The van der Waals surface area contributed by atoms with Gasteiger partial charge in [-0.15, -0.1) is 0 Å². The second kappa shape index (κ2) is 7.38. The molecule has 0 saturated carbocycles. The number of carbonyl (C=O) groups excluding carboxylic acids is 1. The highest BCUT2D eigenvalue weighted by Gasteiger charge is 2.25. The van der Waals surface area contributed by atoms with Gasteiger partial charge in [-0.2, -0.15) is 0 Å². The Hall–Kier alpha value is -1.90. The van der Waals surface area contributed by atoms with E-state index in [0.717, 1.165) is 5.69 Å². The predicted octanol–water partition coefficient (Wildman–Crippen LogP) is 2.95. The number of hydrogen-bond donors (Lipinski definition) is 2. The van der Waals surface area contributed by atoms with Crippen molar-refractivity contribution in [3.8, 4) is 0 Å². The molecule has 142 valence electrons. The van der Waals surface area contributed by atoms with Crippen molar-refractivity contribution < 1.29 is 17.6 Å². The van der Waals surface area contributed by atoms with Crippen molar-refractivity contribution in [1.29, 1.82) is 0 Å². The number of sulfonamides is 1. The van der Waals surface area contributed by atoms with Crippen LogP contribution in [0.5, 0.6) is 0 Å². The molecule has 2 rings (SSSR count). The number of nitrogens with one attached hydrogen (secondary N) is 2. The molecule has 0 aliphatic heterocycles. The van der Waals surface area contributed by atoms with Crippen molar-refractivity contribution in [2.75, 3.05) is 0 Å². The van der Waals surface area contributed by atoms with Crippen molar-refractivity contribution in [2.45, 2.75) is 51.6 Å². The highest BCUT2D eigenvalue weighted by atomic mass is 35.5. The number of aryl methyl sites for hydroxylation is 2. The minimum absolute atomic E-state index is 0.0391. The fourth-order valence-electron chi connectivity index (χ4n) is 2.18. The van der Waals surface area contributed by atoms with Crippen LogP contribution in [-0.4, -0.2) is 24.8 Å². The van der Waals surface area contributed by atoms with Crippen molar-refractivity contribution in [3.05, 3.63) is 46.1 Å². The van der Waals surface area contributed by atoms with Crippen LogP contribution in [0, 0.1) is 13.8 Å². The Labute approximate surface area is 158 Å². The molecule has 0 aliphatic rings. The van der Waals surface area contributed by atoms with Crippen LogP contribution in [0.3, 0.4) is 0 Å². The summed E-state index contributed by atoms with van der Waals surface area (Å²) in [6.45, 7) is 8.84. The van der Waals surface area contributed by atoms with E-state index >= 15 is 0 Å². The van der Waals surface area contributed by atoms with E-state index in [1.165, 1.54) is 18.2 Å². The van der Waals surface area contributed by atoms with E-state index in [9.17, 15) is 13.2 Å². The lowest BCUT2D eigenvalue weighted by atomic mass is 10.1. The molecule has 0 unspecified atom stereocenters. The molecule has 2 N–H and O–H groups in total. The zero-order chi connectivity index (χ0) is 19.7. The molecule has 0 atom stereocenters. The van der Waals surface area contributed by atoms with E-state index in [1.807, 2.05) is 6.92 Å². The first-order valence-electron chi connectivity index (χ1n) is 7.94. The molecule has 1 aromatic carbocycles. The molecule has 1 heterocycles. The molecule has 0 aliphatic carbocycles. The molecule has 0 spiro atoms. The van der Waals surface area contributed by atoms with Gasteiger partial charge in [-0.25, -0.2) is 18.1 Å². The van der Waals surface area contributed by atoms with Gasteiger partial charge in [0.1, 0.15) is 10.7 Å². The number of halogens is 1. The standard InChI is InChI=1S/C17H22ClN3O4S/c1-10-11(2)25-15(20-10)9-19-16(22)12-6-7-13(18)14(8-12)26(23,24)21-17(3,4)5/h6-8,21H,9H2,1-5H3,(H,19,22). The monoisotopic (exact) mass is 399 g/mol. The molecular formula is C17H22ClN3O4S. The molecule has 1 amide bonds. The number of nitrogens with zero attached hydrogens (tertiary/aromatic N) is 1. The largest absolute Gasteiger partial charge is 0.444 e. The number of amides is 1. The average molecular weight is 400 g/mol. The lowest BCUT2D eigenvalue weighted by Gasteiger charge is -2.21. The third-order valence-corrected chi connectivity index (χ3v) is 5.64. The van der Waals surface area contributed by atoms with Gasteiger partial charge in [-0.3, -0.25) is 4.79 Å². The Bertz CT molecular complexity index is 910. The first kappa shape index (κ1) is 20.4. The van der Waals surface area contributed by atoms with Crippen LogP contribution in [-0.2, 0) is 16.6 Å². The maximum atomic E-state index is 12.5. The molecule has 7 nitrogen and oxygen atoms in total. The number of carbonyl (C=O) groups is 1. The van der Waals surface area contributed by atoms with E-state index in [2.05, 4.69) is 15.0 Å². The van der Waals surface area contributed by atoms with Crippen LogP contribution in [0.25, 0.3) is 0 Å². The lowest BCUT2D eigenvalue weighted by molar-refractivity contribution is 0.0947. The number of oxazole rings is 1. The minimum atomic E-state index is -3.87. The van der Waals surface area contributed by atoms with Gasteiger partial charge in [0.15, 0.2) is 0 Å². The molecule has 0 saturated heterocycles. The molecule has 0 radical (unpaired) electrons. The minimum Gasteiger partial charge on any atom is -0.444 e. The summed E-state index contributed by atoms with van der Waals surface area (Å²) in [4.78, 5) is 16.4. The first-order chi connectivity index (χ1) is 11.9. The lowest BCUT2D eigenvalue weighted by Crippen LogP contribution is -2.40. The average Bonchev–Trinajstić information content (AvgIpc) is 2.81. The number of aromatic nitrogens is 1. The van der Waals surface area contributed by atoms with E-state index < -0.39 is 21.5 Å². The number of rotatable bonds is 5. The van der Waals surface area contributed by atoms with Gasteiger partial charge < -0.3 is 9.73 Å². The van der Waals surface area contributed by atoms with Crippen LogP contribution in [0.4, 0.5) is 0 Å². The van der Waals surface area contributed by atoms with E-state index in [-0.39, 0.29) is 22.0 Å². The first-order valence-corrected chi connectivity index (χ1v) is 9.80. The third-order valence-electron chi connectivity index (χ3n) is 3.40. The van der Waals surface area contributed by atoms with Crippen molar-refractivity contribution in [3.63, 3.8) is 0 Å². The summed E-state index contributed by atoms with van der Waals surface area (Å²) in [5.74, 6) is 0.606. The van der Waals surface area contributed by atoms with Crippen LogP contribution in [0.15, 0.2) is 27.5 Å². The fourth-order valence-corrected chi connectivity index (χ4v) is 4.13. The van der Waals surface area contributed by atoms with Gasteiger partial charge in [0, 0.05) is 11.1 Å². The van der Waals surface area contributed by atoms with Gasteiger partial charge in [-0.1, -0.05) is 11.6 Å². The molecule has 1 aromatic heterocycles.